The molecule has 7 heteroatoms. The summed E-state index contributed by atoms with van der Waals surface area (Å²) >= 11 is 0. The van der Waals surface area contributed by atoms with Crippen molar-refractivity contribution in [3.63, 3.8) is 0 Å². The fraction of sp³-hybridized carbons (Fsp3) is 0.143. The molecule has 0 aromatic heterocycles. The Balaban J connectivity index is 2.74. The van der Waals surface area contributed by atoms with Crippen LogP contribution in [0.3, 0.4) is 0 Å². The molecule has 0 heterocycles. The van der Waals surface area contributed by atoms with E-state index in [1.54, 1.807) is 12.1 Å². The third-order valence-electron chi connectivity index (χ3n) is 1.48. The summed E-state index contributed by atoms with van der Waals surface area (Å²) in [7, 11) is -2.95. The Labute approximate surface area is 82.9 Å². The van der Waals surface area contributed by atoms with Crippen LogP contribution in [0.4, 0.5) is 0 Å². The maximum absolute atomic E-state index is 10.7. The van der Waals surface area contributed by atoms with Gasteiger partial charge in [0.2, 0.25) is 10.0 Å². The standard InChI is InChI=1S/C7H9BNO4S/c9-14(11,12)5-6-1-3-7(4-2-6)13-8-10/h1-4,10H,5H2,(H2,9,11,12). The van der Waals surface area contributed by atoms with E-state index in [1.807, 2.05) is 0 Å². The van der Waals surface area contributed by atoms with E-state index in [0.717, 1.165) is 0 Å². The third kappa shape index (κ3) is 3.78. The van der Waals surface area contributed by atoms with Gasteiger partial charge >= 0.3 is 7.69 Å². The molecule has 0 aliphatic carbocycles. The quantitative estimate of drug-likeness (QED) is 0.653. The molecule has 0 spiro atoms. The van der Waals surface area contributed by atoms with Crippen molar-refractivity contribution in [3.05, 3.63) is 29.8 Å². The van der Waals surface area contributed by atoms with Crippen molar-refractivity contribution in [2.24, 2.45) is 5.14 Å². The molecule has 0 fully saturated rings. The summed E-state index contributed by atoms with van der Waals surface area (Å²) in [6.45, 7) is 0. The minimum absolute atomic E-state index is 0.212. The molecular formula is C7H9BNO4S. The Morgan fingerprint density at radius 1 is 1.36 bits per heavy atom. The van der Waals surface area contributed by atoms with E-state index in [9.17, 15) is 8.42 Å². The van der Waals surface area contributed by atoms with Gasteiger partial charge in [-0.05, 0) is 17.7 Å². The highest BCUT2D eigenvalue weighted by molar-refractivity contribution is 7.88. The Hall–Kier alpha value is -1.05. The Morgan fingerprint density at radius 3 is 2.36 bits per heavy atom. The van der Waals surface area contributed by atoms with Crippen LogP contribution in [0.5, 0.6) is 5.75 Å². The van der Waals surface area contributed by atoms with Gasteiger partial charge in [0.15, 0.2) is 0 Å². The van der Waals surface area contributed by atoms with E-state index in [2.05, 4.69) is 4.65 Å². The van der Waals surface area contributed by atoms with E-state index in [-0.39, 0.29) is 5.75 Å². The van der Waals surface area contributed by atoms with E-state index >= 15 is 0 Å². The Kier molecular flexibility index (Phi) is 3.51. The summed E-state index contributed by atoms with van der Waals surface area (Å²) in [5.41, 5.74) is 0.567. The largest absolute Gasteiger partial charge is 0.569 e. The lowest BCUT2D eigenvalue weighted by Crippen LogP contribution is -2.14. The molecule has 1 aromatic carbocycles. The van der Waals surface area contributed by atoms with Crippen molar-refractivity contribution in [2.75, 3.05) is 0 Å². The van der Waals surface area contributed by atoms with Crippen LogP contribution >= 0.6 is 0 Å². The number of nitrogens with two attached hydrogens (primary N) is 1. The summed E-state index contributed by atoms with van der Waals surface area (Å²) in [6.07, 6.45) is 0. The minimum atomic E-state index is -3.50. The summed E-state index contributed by atoms with van der Waals surface area (Å²) in [6, 6.07) is 6.19. The molecule has 0 saturated heterocycles. The molecule has 1 aromatic rings. The SMILES string of the molecule is NS(=O)(=O)Cc1ccc(O[B]O)cc1. The van der Waals surface area contributed by atoms with Crippen molar-refractivity contribution in [1.29, 1.82) is 0 Å². The average molecular weight is 214 g/mol. The monoisotopic (exact) mass is 214 g/mol. The normalized spacial score (nSPS) is 11.0. The molecule has 0 aliphatic rings. The van der Waals surface area contributed by atoms with E-state index < -0.39 is 10.0 Å². The summed E-state index contributed by atoms with van der Waals surface area (Å²) in [5.74, 6) is 0.210. The van der Waals surface area contributed by atoms with E-state index in [4.69, 9.17) is 10.2 Å². The third-order valence-corrected chi connectivity index (χ3v) is 2.22. The Morgan fingerprint density at radius 2 is 1.93 bits per heavy atom. The fourth-order valence-corrected chi connectivity index (χ4v) is 1.61. The molecule has 1 rings (SSSR count). The predicted octanol–water partition coefficient (Wildman–Crippen LogP) is -0.620. The first-order valence-corrected chi connectivity index (χ1v) is 5.45. The molecule has 0 unspecified atom stereocenters. The molecule has 1 radical (unpaired) electrons. The second kappa shape index (κ2) is 4.45. The molecule has 0 atom stereocenters. The molecule has 0 aliphatic heterocycles. The highest BCUT2D eigenvalue weighted by atomic mass is 32.2. The molecule has 75 valence electrons. The first-order valence-electron chi connectivity index (χ1n) is 3.73. The van der Waals surface area contributed by atoms with Crippen LogP contribution in [0.15, 0.2) is 24.3 Å². The highest BCUT2D eigenvalue weighted by Crippen LogP contribution is 2.12. The van der Waals surface area contributed by atoms with Gasteiger partial charge in [0.1, 0.15) is 0 Å². The van der Waals surface area contributed by atoms with Crippen molar-refractivity contribution in [3.8, 4) is 5.75 Å². The second-order valence-electron chi connectivity index (χ2n) is 2.67. The van der Waals surface area contributed by atoms with Gasteiger partial charge in [-0.3, -0.25) is 0 Å². The Bertz CT molecular complexity index is 389. The zero-order chi connectivity index (χ0) is 10.6. The predicted molar refractivity (Wildman–Crippen MR) is 51.9 cm³/mol. The van der Waals surface area contributed by atoms with Crippen LogP contribution in [-0.2, 0) is 15.8 Å². The van der Waals surface area contributed by atoms with Gasteiger partial charge in [-0.2, -0.15) is 0 Å². The number of benzene rings is 1. The van der Waals surface area contributed by atoms with Crippen LogP contribution in [0, 0.1) is 0 Å². The van der Waals surface area contributed by atoms with Gasteiger partial charge in [0.25, 0.3) is 0 Å². The van der Waals surface area contributed by atoms with Crippen molar-refractivity contribution < 1.29 is 18.1 Å². The maximum Gasteiger partial charge on any atom is 0.569 e. The topological polar surface area (TPSA) is 89.6 Å². The van der Waals surface area contributed by atoms with Crippen molar-refractivity contribution >= 4 is 17.7 Å². The minimum Gasteiger partial charge on any atom is -0.537 e. The number of primary sulfonamides is 1. The molecule has 3 N–H and O–H groups in total. The number of hydrogen-bond acceptors (Lipinski definition) is 4. The van der Waals surface area contributed by atoms with Gasteiger partial charge < -0.3 is 9.68 Å². The number of hydrogen-bond donors (Lipinski definition) is 2. The first kappa shape index (κ1) is 11.0. The zero-order valence-corrected chi connectivity index (χ0v) is 8.07. The fourth-order valence-electron chi connectivity index (χ4n) is 0.957. The smallest absolute Gasteiger partial charge is 0.537 e. The summed E-state index contributed by atoms with van der Waals surface area (Å²) in [4.78, 5) is 0. The summed E-state index contributed by atoms with van der Waals surface area (Å²) in [5, 5.41) is 13.2. The molecule has 14 heavy (non-hydrogen) atoms. The molecule has 0 saturated carbocycles. The van der Waals surface area contributed by atoms with Gasteiger partial charge in [0, 0.05) is 0 Å². The van der Waals surface area contributed by atoms with Gasteiger partial charge in [-0.1, -0.05) is 12.1 Å². The lowest BCUT2D eigenvalue weighted by Gasteiger charge is -2.02. The lowest BCUT2D eigenvalue weighted by atomic mass is 10.2. The van der Waals surface area contributed by atoms with Crippen molar-refractivity contribution in [1.82, 2.24) is 0 Å². The molecule has 0 amide bonds. The van der Waals surface area contributed by atoms with E-state index in [0.29, 0.717) is 19.0 Å². The van der Waals surface area contributed by atoms with Crippen LogP contribution in [-0.4, -0.2) is 21.1 Å². The zero-order valence-electron chi connectivity index (χ0n) is 7.25. The molecule has 5 nitrogen and oxygen atoms in total. The van der Waals surface area contributed by atoms with Crippen LogP contribution in [0.2, 0.25) is 0 Å². The first-order chi connectivity index (χ1) is 6.51. The van der Waals surface area contributed by atoms with Crippen LogP contribution in [0.25, 0.3) is 0 Å². The van der Waals surface area contributed by atoms with E-state index in [1.165, 1.54) is 12.1 Å². The highest BCUT2D eigenvalue weighted by Gasteiger charge is 2.04. The molecular weight excluding hydrogens is 205 g/mol. The number of sulfonamides is 1. The summed E-state index contributed by atoms with van der Waals surface area (Å²) < 4.78 is 26.1. The lowest BCUT2D eigenvalue weighted by molar-refractivity contribution is 0.453. The molecule has 0 bridgehead atoms. The average Bonchev–Trinajstić information content (AvgIpc) is 2.06. The van der Waals surface area contributed by atoms with Crippen LogP contribution in [0.1, 0.15) is 5.56 Å². The van der Waals surface area contributed by atoms with Gasteiger partial charge in [0.05, 0.1) is 11.5 Å². The van der Waals surface area contributed by atoms with Gasteiger partial charge in [-0.25, -0.2) is 13.6 Å². The number of rotatable bonds is 4. The van der Waals surface area contributed by atoms with Crippen LogP contribution < -0.4 is 9.79 Å². The maximum atomic E-state index is 10.7. The van der Waals surface area contributed by atoms with Gasteiger partial charge in [-0.15, -0.1) is 0 Å². The van der Waals surface area contributed by atoms with Crippen molar-refractivity contribution in [2.45, 2.75) is 5.75 Å². The second-order valence-corrected chi connectivity index (χ2v) is 4.29.